The molecular formula is C27H40O9. The number of ether oxygens (including phenoxy) is 4. The van der Waals surface area contributed by atoms with Crippen molar-refractivity contribution >= 4 is 29.7 Å². The van der Waals surface area contributed by atoms with Gasteiger partial charge >= 0.3 is 23.9 Å². The summed E-state index contributed by atoms with van der Waals surface area (Å²) in [5, 5.41) is 0. The molecule has 36 heavy (non-hydrogen) atoms. The van der Waals surface area contributed by atoms with Crippen LogP contribution in [0.5, 0.6) is 0 Å². The predicted molar refractivity (Wildman–Crippen MR) is 134 cm³/mol. The topological polar surface area (TPSA) is 122 Å². The molecule has 0 aromatic heterocycles. The van der Waals surface area contributed by atoms with Crippen molar-refractivity contribution in [3.05, 3.63) is 36.5 Å². The van der Waals surface area contributed by atoms with Crippen LogP contribution in [0.3, 0.4) is 0 Å². The molecule has 0 radical (unpaired) electrons. The summed E-state index contributed by atoms with van der Waals surface area (Å²) in [6.45, 7) is 20.4. The van der Waals surface area contributed by atoms with Gasteiger partial charge in [-0.25, -0.2) is 9.59 Å². The molecule has 0 amide bonds. The number of methoxy groups -OCH3 is 1. The van der Waals surface area contributed by atoms with Crippen molar-refractivity contribution in [2.24, 2.45) is 16.2 Å². The second-order valence-corrected chi connectivity index (χ2v) is 10.2. The molecule has 0 bridgehead atoms. The lowest BCUT2D eigenvalue weighted by Gasteiger charge is -2.38. The molecule has 0 aliphatic rings. The molecule has 0 rings (SSSR count). The molecule has 9 heteroatoms. The number of hydrogen-bond donors (Lipinski definition) is 0. The van der Waals surface area contributed by atoms with Crippen molar-refractivity contribution in [2.45, 2.75) is 61.3 Å². The third-order valence-corrected chi connectivity index (χ3v) is 6.35. The number of esters is 4. The molecule has 0 saturated carbocycles. The van der Waals surface area contributed by atoms with E-state index in [1.165, 1.54) is 21.0 Å². The first-order valence-electron chi connectivity index (χ1n) is 11.4. The summed E-state index contributed by atoms with van der Waals surface area (Å²) in [5.74, 6) is -2.99. The smallest absolute Gasteiger partial charge is 0.333 e. The van der Waals surface area contributed by atoms with E-state index in [0.29, 0.717) is 5.57 Å². The van der Waals surface area contributed by atoms with Crippen molar-refractivity contribution in [1.29, 1.82) is 0 Å². The van der Waals surface area contributed by atoms with Crippen molar-refractivity contribution < 1.29 is 42.9 Å². The fourth-order valence-electron chi connectivity index (χ4n) is 2.78. The van der Waals surface area contributed by atoms with E-state index in [1.54, 1.807) is 34.6 Å². The number of rotatable bonds is 15. The Morgan fingerprint density at radius 3 is 1.39 bits per heavy atom. The lowest BCUT2D eigenvalue weighted by atomic mass is 9.68. The first-order chi connectivity index (χ1) is 16.3. The highest BCUT2D eigenvalue weighted by molar-refractivity contribution is 5.94. The molecule has 0 aliphatic carbocycles. The van der Waals surface area contributed by atoms with E-state index >= 15 is 0 Å². The van der Waals surface area contributed by atoms with Crippen LogP contribution in [0.25, 0.3) is 0 Å². The van der Waals surface area contributed by atoms with Crippen LogP contribution >= 0.6 is 0 Å². The summed E-state index contributed by atoms with van der Waals surface area (Å²) < 4.78 is 21.1. The van der Waals surface area contributed by atoms with Crippen molar-refractivity contribution in [2.75, 3.05) is 26.9 Å². The highest BCUT2D eigenvalue weighted by atomic mass is 16.6. The van der Waals surface area contributed by atoms with Crippen molar-refractivity contribution in [3.8, 4) is 0 Å². The van der Waals surface area contributed by atoms with Gasteiger partial charge in [0.05, 0.1) is 23.4 Å². The monoisotopic (exact) mass is 508 g/mol. The molecule has 0 heterocycles. The van der Waals surface area contributed by atoms with Crippen LogP contribution in [0.1, 0.15) is 61.3 Å². The molecule has 0 saturated heterocycles. The van der Waals surface area contributed by atoms with E-state index in [9.17, 15) is 24.0 Å². The molecule has 9 nitrogen and oxygen atoms in total. The fourth-order valence-corrected chi connectivity index (χ4v) is 2.78. The van der Waals surface area contributed by atoms with Gasteiger partial charge in [-0.1, -0.05) is 19.7 Å². The summed E-state index contributed by atoms with van der Waals surface area (Å²) in [6, 6.07) is 0. The highest BCUT2D eigenvalue weighted by Gasteiger charge is 2.51. The summed E-state index contributed by atoms with van der Waals surface area (Å²) >= 11 is 0. The van der Waals surface area contributed by atoms with Gasteiger partial charge in [-0.3, -0.25) is 14.4 Å². The van der Waals surface area contributed by atoms with Crippen LogP contribution in [0.4, 0.5) is 0 Å². The van der Waals surface area contributed by atoms with Gasteiger partial charge in [0.1, 0.15) is 19.8 Å². The first-order valence-corrected chi connectivity index (χ1v) is 11.4. The van der Waals surface area contributed by atoms with Crippen LogP contribution < -0.4 is 0 Å². The predicted octanol–water partition coefficient (Wildman–Crippen LogP) is 3.91. The summed E-state index contributed by atoms with van der Waals surface area (Å²) in [6.07, 6.45) is 0.0128. The number of ketones is 1. The molecule has 0 aromatic rings. The zero-order chi connectivity index (χ0) is 28.5. The Kier molecular flexibility index (Phi) is 12.0. The van der Waals surface area contributed by atoms with E-state index in [2.05, 4.69) is 19.7 Å². The average Bonchev–Trinajstić information content (AvgIpc) is 2.80. The zero-order valence-corrected chi connectivity index (χ0v) is 22.8. The largest absolute Gasteiger partial charge is 0.469 e. The number of hydrogen-bond acceptors (Lipinski definition) is 9. The zero-order valence-electron chi connectivity index (χ0n) is 22.8. The Hall–Kier alpha value is -3.23. The van der Waals surface area contributed by atoms with E-state index in [1.807, 2.05) is 0 Å². The van der Waals surface area contributed by atoms with E-state index in [-0.39, 0.29) is 49.6 Å². The molecule has 0 aliphatic heterocycles. The van der Waals surface area contributed by atoms with Gasteiger partial charge in [0.15, 0.2) is 5.78 Å². The Morgan fingerprint density at radius 2 is 1.03 bits per heavy atom. The Bertz CT molecular complexity index is 847. The average molecular weight is 509 g/mol. The van der Waals surface area contributed by atoms with Gasteiger partial charge in [0.25, 0.3) is 0 Å². The van der Waals surface area contributed by atoms with E-state index in [0.717, 1.165) is 0 Å². The fraction of sp³-hybridized carbons (Fsp3) is 0.593. The maximum absolute atomic E-state index is 13.2. The quantitative estimate of drug-likeness (QED) is 0.184. The van der Waals surface area contributed by atoms with Gasteiger partial charge in [-0.05, 0) is 60.5 Å². The molecule has 202 valence electrons. The summed E-state index contributed by atoms with van der Waals surface area (Å²) in [7, 11) is 1.22. The summed E-state index contributed by atoms with van der Waals surface area (Å²) in [5.41, 5.74) is -3.24. The van der Waals surface area contributed by atoms with Gasteiger partial charge in [-0.2, -0.15) is 0 Å². The highest BCUT2D eigenvalue weighted by Crippen LogP contribution is 2.41. The molecule has 0 atom stereocenters. The van der Waals surface area contributed by atoms with Crippen LogP contribution in [0.2, 0.25) is 0 Å². The van der Waals surface area contributed by atoms with Crippen LogP contribution in [-0.4, -0.2) is 56.6 Å². The molecule has 0 N–H and O–H groups in total. The Morgan fingerprint density at radius 1 is 0.639 bits per heavy atom. The van der Waals surface area contributed by atoms with Crippen molar-refractivity contribution in [1.82, 2.24) is 0 Å². The SMILES string of the molecule is C=C(C)C(=O)CCC(COC(=O)C(=C)C)(COC(=O)C(=C)C)COC(=O)C(C)(C)C(C)(C)C(=O)OC. The minimum atomic E-state index is -1.32. The normalized spacial score (nSPS) is 11.7. The van der Waals surface area contributed by atoms with Crippen LogP contribution in [-0.2, 0) is 42.9 Å². The second-order valence-electron chi connectivity index (χ2n) is 10.2. The van der Waals surface area contributed by atoms with Gasteiger partial charge in [-0.15, -0.1) is 0 Å². The number of Topliss-reactive ketones (excluding diaryl/α,β-unsaturated/α-hetero) is 1. The molecule has 0 aromatic carbocycles. The number of carbonyl (C=O) groups excluding carboxylic acids is 5. The molecule has 0 fully saturated rings. The van der Waals surface area contributed by atoms with Crippen LogP contribution in [0, 0.1) is 16.2 Å². The van der Waals surface area contributed by atoms with Crippen LogP contribution in [0.15, 0.2) is 36.5 Å². The van der Waals surface area contributed by atoms with Crippen molar-refractivity contribution in [3.63, 3.8) is 0 Å². The summed E-state index contributed by atoms with van der Waals surface area (Å²) in [4.78, 5) is 62.1. The second kappa shape index (κ2) is 13.2. The molecular weight excluding hydrogens is 468 g/mol. The van der Waals surface area contributed by atoms with Gasteiger partial charge < -0.3 is 18.9 Å². The van der Waals surface area contributed by atoms with Gasteiger partial charge in [0, 0.05) is 17.6 Å². The third kappa shape index (κ3) is 8.77. The molecule has 0 unspecified atom stereocenters. The minimum Gasteiger partial charge on any atom is -0.469 e. The minimum absolute atomic E-state index is 0.0286. The number of carbonyl (C=O) groups is 5. The van der Waals surface area contributed by atoms with Gasteiger partial charge in [0.2, 0.25) is 0 Å². The maximum Gasteiger partial charge on any atom is 0.333 e. The number of allylic oxidation sites excluding steroid dienone is 1. The maximum atomic E-state index is 13.2. The van der Waals surface area contributed by atoms with E-state index in [4.69, 9.17) is 18.9 Å². The lowest BCUT2D eigenvalue weighted by Crippen LogP contribution is -2.48. The Balaban J connectivity index is 6.17. The standard InChI is InChI=1S/C27H40O9/c1-17(2)20(28)12-13-27(14-34-21(29)18(3)4,15-35-22(30)19(5)6)16-36-24(32)26(9,10)25(7,8)23(31)33-11/h1,3,5,12-16H2,2,4,6-11H3. The molecule has 0 spiro atoms. The third-order valence-electron chi connectivity index (χ3n) is 6.35. The first kappa shape index (κ1) is 32.8. The lowest BCUT2D eigenvalue weighted by molar-refractivity contribution is -0.179. The van der Waals surface area contributed by atoms with E-state index < -0.39 is 40.1 Å². The Labute approximate surface area is 213 Å².